The summed E-state index contributed by atoms with van der Waals surface area (Å²) < 4.78 is 5.14. The summed E-state index contributed by atoms with van der Waals surface area (Å²) >= 11 is 0. The van der Waals surface area contributed by atoms with Crippen LogP contribution in [0, 0.1) is 5.92 Å². The number of ether oxygens (including phenoxy) is 1. The van der Waals surface area contributed by atoms with Crippen LogP contribution in [0.2, 0.25) is 0 Å². The summed E-state index contributed by atoms with van der Waals surface area (Å²) in [4.78, 5) is 11.9. The van der Waals surface area contributed by atoms with Gasteiger partial charge in [0.2, 0.25) is 0 Å². The zero-order chi connectivity index (χ0) is 11.5. The highest BCUT2D eigenvalue weighted by Gasteiger charge is 2.40. The highest BCUT2D eigenvalue weighted by atomic mass is 16.5. The SMILES string of the molecule is CCOC(=O)C(C)(CC1CC1)NC(C)C. The highest BCUT2D eigenvalue weighted by Crippen LogP contribution is 2.37. The molecule has 0 amide bonds. The van der Waals surface area contributed by atoms with Gasteiger partial charge in [-0.25, -0.2) is 0 Å². The summed E-state index contributed by atoms with van der Waals surface area (Å²) in [6, 6.07) is 0.304. The maximum atomic E-state index is 11.9. The van der Waals surface area contributed by atoms with Gasteiger partial charge in [-0.2, -0.15) is 0 Å². The van der Waals surface area contributed by atoms with E-state index in [2.05, 4.69) is 19.2 Å². The monoisotopic (exact) mass is 213 g/mol. The van der Waals surface area contributed by atoms with E-state index in [9.17, 15) is 4.79 Å². The Bertz CT molecular complexity index is 218. The Labute approximate surface area is 92.6 Å². The molecule has 1 atom stereocenters. The molecule has 1 saturated carbocycles. The molecule has 1 unspecified atom stereocenters. The molecule has 3 heteroatoms. The first kappa shape index (κ1) is 12.5. The van der Waals surface area contributed by atoms with Crippen LogP contribution in [0.4, 0.5) is 0 Å². The fourth-order valence-corrected chi connectivity index (χ4v) is 2.03. The minimum absolute atomic E-state index is 0.106. The van der Waals surface area contributed by atoms with Crippen molar-refractivity contribution >= 4 is 5.97 Å². The molecule has 0 saturated heterocycles. The predicted molar refractivity (Wildman–Crippen MR) is 60.7 cm³/mol. The van der Waals surface area contributed by atoms with Gasteiger partial charge in [-0.3, -0.25) is 10.1 Å². The second kappa shape index (κ2) is 4.97. The molecule has 15 heavy (non-hydrogen) atoms. The molecule has 0 radical (unpaired) electrons. The zero-order valence-corrected chi connectivity index (χ0v) is 10.3. The lowest BCUT2D eigenvalue weighted by molar-refractivity contribution is -0.151. The molecule has 0 aromatic rings. The number of rotatable bonds is 6. The standard InChI is InChI=1S/C12H23NO2/c1-5-15-11(14)12(4,13-9(2)3)8-10-6-7-10/h9-10,13H,5-8H2,1-4H3. The first-order chi connectivity index (χ1) is 6.98. The maximum Gasteiger partial charge on any atom is 0.326 e. The van der Waals surface area contributed by atoms with Gasteiger partial charge in [0.05, 0.1) is 6.61 Å². The van der Waals surface area contributed by atoms with Crippen LogP contribution in [-0.2, 0) is 9.53 Å². The molecular formula is C12H23NO2. The Kier molecular flexibility index (Phi) is 4.14. The lowest BCUT2D eigenvalue weighted by atomic mass is 9.94. The molecule has 0 aromatic heterocycles. The molecule has 0 spiro atoms. The van der Waals surface area contributed by atoms with E-state index in [1.165, 1.54) is 12.8 Å². The second-order valence-electron chi connectivity index (χ2n) is 5.00. The number of carbonyl (C=O) groups excluding carboxylic acids is 1. The minimum atomic E-state index is -0.495. The number of esters is 1. The second-order valence-corrected chi connectivity index (χ2v) is 5.00. The van der Waals surface area contributed by atoms with Crippen molar-refractivity contribution in [3.63, 3.8) is 0 Å². The quantitative estimate of drug-likeness (QED) is 0.687. The van der Waals surface area contributed by atoms with Crippen molar-refractivity contribution in [3.8, 4) is 0 Å². The predicted octanol–water partition coefficient (Wildman–Crippen LogP) is 2.11. The Hall–Kier alpha value is -0.570. The van der Waals surface area contributed by atoms with Gasteiger partial charge in [0.1, 0.15) is 5.54 Å². The molecule has 0 heterocycles. The van der Waals surface area contributed by atoms with Crippen molar-refractivity contribution in [1.29, 1.82) is 0 Å². The highest BCUT2D eigenvalue weighted by molar-refractivity contribution is 5.80. The van der Waals surface area contributed by atoms with Crippen LogP contribution in [-0.4, -0.2) is 24.2 Å². The summed E-state index contributed by atoms with van der Waals surface area (Å²) in [5.74, 6) is 0.608. The minimum Gasteiger partial charge on any atom is -0.465 e. The first-order valence-electron chi connectivity index (χ1n) is 5.93. The third kappa shape index (κ3) is 3.82. The Balaban J connectivity index is 2.59. The molecule has 0 aromatic carbocycles. The van der Waals surface area contributed by atoms with Gasteiger partial charge in [-0.05, 0) is 40.0 Å². The molecule has 3 nitrogen and oxygen atoms in total. The number of hydrogen-bond acceptors (Lipinski definition) is 3. The Morgan fingerprint density at radius 3 is 2.53 bits per heavy atom. The van der Waals surface area contributed by atoms with Crippen molar-refractivity contribution in [1.82, 2.24) is 5.32 Å². The van der Waals surface area contributed by atoms with Gasteiger partial charge in [-0.15, -0.1) is 0 Å². The van der Waals surface area contributed by atoms with E-state index in [-0.39, 0.29) is 5.97 Å². The van der Waals surface area contributed by atoms with Crippen LogP contribution >= 0.6 is 0 Å². The normalized spacial score (nSPS) is 20.1. The van der Waals surface area contributed by atoms with Crippen LogP contribution in [0.1, 0.15) is 47.0 Å². The van der Waals surface area contributed by atoms with E-state index >= 15 is 0 Å². The molecule has 0 bridgehead atoms. The summed E-state index contributed by atoms with van der Waals surface area (Å²) in [5.41, 5.74) is -0.495. The third-order valence-corrected chi connectivity index (χ3v) is 2.73. The Morgan fingerprint density at radius 1 is 1.53 bits per heavy atom. The van der Waals surface area contributed by atoms with E-state index in [0.29, 0.717) is 18.6 Å². The largest absolute Gasteiger partial charge is 0.465 e. The van der Waals surface area contributed by atoms with E-state index in [1.807, 2.05) is 13.8 Å². The van der Waals surface area contributed by atoms with Crippen molar-refractivity contribution in [2.24, 2.45) is 5.92 Å². The van der Waals surface area contributed by atoms with Gasteiger partial charge < -0.3 is 4.74 Å². The smallest absolute Gasteiger partial charge is 0.326 e. The zero-order valence-electron chi connectivity index (χ0n) is 10.3. The summed E-state index contributed by atoms with van der Waals surface area (Å²) in [5, 5.41) is 3.34. The van der Waals surface area contributed by atoms with Crippen molar-refractivity contribution in [2.75, 3.05) is 6.61 Å². The van der Waals surface area contributed by atoms with Crippen molar-refractivity contribution < 1.29 is 9.53 Å². The number of nitrogens with one attached hydrogen (secondary N) is 1. The molecule has 1 aliphatic rings. The molecule has 0 aliphatic heterocycles. The first-order valence-corrected chi connectivity index (χ1v) is 5.93. The third-order valence-electron chi connectivity index (χ3n) is 2.73. The van der Waals surface area contributed by atoms with Crippen LogP contribution in [0.5, 0.6) is 0 Å². The van der Waals surface area contributed by atoms with E-state index in [0.717, 1.165) is 6.42 Å². The van der Waals surface area contributed by atoms with E-state index in [4.69, 9.17) is 4.74 Å². The van der Waals surface area contributed by atoms with Crippen LogP contribution in [0.25, 0.3) is 0 Å². The summed E-state index contributed by atoms with van der Waals surface area (Å²) in [6.07, 6.45) is 3.42. The lowest BCUT2D eigenvalue weighted by Gasteiger charge is -2.30. The van der Waals surface area contributed by atoms with Gasteiger partial charge >= 0.3 is 5.97 Å². The van der Waals surface area contributed by atoms with Gasteiger partial charge in [0.15, 0.2) is 0 Å². The summed E-state index contributed by atoms with van der Waals surface area (Å²) in [7, 11) is 0. The lowest BCUT2D eigenvalue weighted by Crippen LogP contribution is -2.53. The molecule has 1 rings (SSSR count). The summed E-state index contributed by atoms with van der Waals surface area (Å²) in [6.45, 7) is 8.39. The maximum absolute atomic E-state index is 11.9. The number of hydrogen-bond donors (Lipinski definition) is 1. The van der Waals surface area contributed by atoms with Crippen molar-refractivity contribution in [3.05, 3.63) is 0 Å². The molecule has 1 aliphatic carbocycles. The fourth-order valence-electron chi connectivity index (χ4n) is 2.03. The van der Waals surface area contributed by atoms with Crippen LogP contribution in [0.3, 0.4) is 0 Å². The molecule has 1 N–H and O–H groups in total. The van der Waals surface area contributed by atoms with Crippen LogP contribution in [0.15, 0.2) is 0 Å². The Morgan fingerprint density at radius 2 is 2.13 bits per heavy atom. The van der Waals surface area contributed by atoms with Gasteiger partial charge in [-0.1, -0.05) is 12.8 Å². The fraction of sp³-hybridized carbons (Fsp3) is 0.917. The molecule has 88 valence electrons. The van der Waals surface area contributed by atoms with E-state index in [1.54, 1.807) is 0 Å². The number of carbonyl (C=O) groups is 1. The van der Waals surface area contributed by atoms with Gasteiger partial charge in [0, 0.05) is 6.04 Å². The molecular weight excluding hydrogens is 190 g/mol. The van der Waals surface area contributed by atoms with Crippen molar-refractivity contribution in [2.45, 2.75) is 58.5 Å². The van der Waals surface area contributed by atoms with Gasteiger partial charge in [0.25, 0.3) is 0 Å². The average Bonchev–Trinajstić information content (AvgIpc) is 2.87. The average molecular weight is 213 g/mol. The van der Waals surface area contributed by atoms with Crippen LogP contribution < -0.4 is 5.32 Å². The van der Waals surface area contributed by atoms with E-state index < -0.39 is 5.54 Å². The molecule has 1 fully saturated rings. The topological polar surface area (TPSA) is 38.3 Å².